The number of aryl methyl sites for hydroxylation is 1. The molecule has 0 radical (unpaired) electrons. The average Bonchev–Trinajstić information content (AvgIpc) is 3.12. The summed E-state index contributed by atoms with van der Waals surface area (Å²) in [6, 6.07) is 3.71. The van der Waals surface area contributed by atoms with Crippen molar-refractivity contribution in [2.24, 2.45) is 0 Å². The average molecular weight is 246 g/mol. The fourth-order valence-corrected chi connectivity index (χ4v) is 1.90. The number of nitrogens with zero attached hydrogens (tertiary/aromatic N) is 2. The van der Waals surface area contributed by atoms with Gasteiger partial charge in [0.1, 0.15) is 17.3 Å². The predicted molar refractivity (Wildman–Crippen MR) is 66.4 cm³/mol. The van der Waals surface area contributed by atoms with Crippen LogP contribution in [0.2, 0.25) is 0 Å². The normalized spacial score (nSPS) is 15.0. The largest absolute Gasteiger partial charge is 0.344 e. The first-order valence-corrected chi connectivity index (χ1v) is 6.13. The van der Waals surface area contributed by atoms with Crippen LogP contribution in [0.15, 0.2) is 18.3 Å². The Morgan fingerprint density at radius 1 is 1.44 bits per heavy atom. The second-order valence-electron chi connectivity index (χ2n) is 4.67. The number of rotatable bonds is 4. The van der Waals surface area contributed by atoms with Gasteiger partial charge in [0.25, 0.3) is 0 Å². The molecule has 0 aliphatic heterocycles. The fraction of sp³-hybridized carbons (Fsp3) is 0.385. The molecule has 2 aromatic rings. The van der Waals surface area contributed by atoms with Crippen molar-refractivity contribution in [2.45, 2.75) is 32.4 Å². The van der Waals surface area contributed by atoms with E-state index in [1.807, 2.05) is 6.92 Å². The molecule has 94 valence electrons. The van der Waals surface area contributed by atoms with Crippen LogP contribution in [0.3, 0.4) is 0 Å². The van der Waals surface area contributed by atoms with Crippen LogP contribution in [-0.4, -0.2) is 21.0 Å². The Morgan fingerprint density at radius 3 is 2.94 bits per heavy atom. The van der Waals surface area contributed by atoms with E-state index in [0.717, 1.165) is 23.8 Å². The van der Waals surface area contributed by atoms with Gasteiger partial charge < -0.3 is 10.3 Å². The molecule has 18 heavy (non-hydrogen) atoms. The molecule has 1 aliphatic carbocycles. The minimum absolute atomic E-state index is 0.331. The van der Waals surface area contributed by atoms with E-state index in [1.165, 1.54) is 25.1 Å². The van der Waals surface area contributed by atoms with Gasteiger partial charge >= 0.3 is 0 Å². The lowest BCUT2D eigenvalue weighted by Gasteiger charge is -1.97. The molecule has 2 N–H and O–H groups in total. The smallest absolute Gasteiger partial charge is 0.141 e. The van der Waals surface area contributed by atoms with E-state index in [1.54, 1.807) is 6.07 Å². The molecule has 3 rings (SSSR count). The van der Waals surface area contributed by atoms with E-state index < -0.39 is 0 Å². The molecule has 0 aromatic carbocycles. The summed E-state index contributed by atoms with van der Waals surface area (Å²) in [5, 5.41) is 3.40. The highest BCUT2D eigenvalue weighted by atomic mass is 19.1. The van der Waals surface area contributed by atoms with Crippen molar-refractivity contribution < 1.29 is 4.39 Å². The molecule has 2 aromatic heterocycles. The van der Waals surface area contributed by atoms with Gasteiger partial charge in [-0.15, -0.1) is 0 Å². The summed E-state index contributed by atoms with van der Waals surface area (Å²) in [7, 11) is 0. The maximum atomic E-state index is 12.8. The van der Waals surface area contributed by atoms with E-state index in [-0.39, 0.29) is 5.82 Å². The molecule has 0 amide bonds. The fourth-order valence-electron chi connectivity index (χ4n) is 1.90. The van der Waals surface area contributed by atoms with Crippen LogP contribution in [0.25, 0.3) is 11.4 Å². The van der Waals surface area contributed by atoms with Crippen LogP contribution in [0.4, 0.5) is 4.39 Å². The van der Waals surface area contributed by atoms with Gasteiger partial charge in [-0.1, -0.05) is 0 Å². The SMILES string of the molecule is Cc1[nH]c(CNC2CC2)nc1-c1ccc(F)cn1. The lowest BCUT2D eigenvalue weighted by molar-refractivity contribution is 0.621. The highest BCUT2D eigenvalue weighted by Gasteiger charge is 2.21. The van der Waals surface area contributed by atoms with Crippen molar-refractivity contribution in [1.29, 1.82) is 0 Å². The first-order valence-electron chi connectivity index (χ1n) is 6.13. The zero-order valence-electron chi connectivity index (χ0n) is 10.2. The quantitative estimate of drug-likeness (QED) is 0.869. The Morgan fingerprint density at radius 2 is 2.28 bits per heavy atom. The topological polar surface area (TPSA) is 53.6 Å². The zero-order valence-corrected chi connectivity index (χ0v) is 10.2. The number of hydrogen-bond acceptors (Lipinski definition) is 3. The molecule has 5 heteroatoms. The standard InChI is InChI=1S/C13H15FN4/c1-8-13(11-5-2-9(14)6-16-11)18-12(17-8)7-15-10-3-4-10/h2,5-6,10,15H,3-4,7H2,1H3,(H,17,18). The van der Waals surface area contributed by atoms with Gasteiger partial charge in [-0.05, 0) is 31.9 Å². The molecule has 1 fully saturated rings. The molecule has 0 bridgehead atoms. The van der Waals surface area contributed by atoms with Crippen LogP contribution in [-0.2, 0) is 6.54 Å². The monoisotopic (exact) mass is 246 g/mol. The molecule has 2 heterocycles. The van der Waals surface area contributed by atoms with Crippen molar-refractivity contribution in [3.05, 3.63) is 35.7 Å². The second-order valence-corrected chi connectivity index (χ2v) is 4.67. The molecule has 4 nitrogen and oxygen atoms in total. The van der Waals surface area contributed by atoms with Crippen molar-refractivity contribution in [2.75, 3.05) is 0 Å². The van der Waals surface area contributed by atoms with Crippen molar-refractivity contribution >= 4 is 0 Å². The summed E-state index contributed by atoms with van der Waals surface area (Å²) in [5.41, 5.74) is 2.45. The Kier molecular flexibility index (Phi) is 2.83. The second kappa shape index (κ2) is 4.49. The number of H-pyrrole nitrogens is 1. The third kappa shape index (κ3) is 2.41. The Labute approximate surface area is 105 Å². The van der Waals surface area contributed by atoms with Gasteiger partial charge in [-0.25, -0.2) is 9.37 Å². The summed E-state index contributed by atoms with van der Waals surface area (Å²) in [5.74, 6) is 0.572. The zero-order chi connectivity index (χ0) is 12.5. The molecule has 0 spiro atoms. The minimum Gasteiger partial charge on any atom is -0.344 e. The summed E-state index contributed by atoms with van der Waals surface area (Å²) >= 11 is 0. The lowest BCUT2D eigenvalue weighted by Crippen LogP contribution is -2.16. The van der Waals surface area contributed by atoms with Crippen LogP contribution < -0.4 is 5.32 Å². The van der Waals surface area contributed by atoms with Crippen LogP contribution in [0.1, 0.15) is 24.4 Å². The Hall–Kier alpha value is -1.75. The molecule has 1 saturated carbocycles. The van der Waals surface area contributed by atoms with E-state index in [0.29, 0.717) is 11.7 Å². The molecule has 0 atom stereocenters. The van der Waals surface area contributed by atoms with Crippen molar-refractivity contribution in [1.82, 2.24) is 20.3 Å². The molecule has 0 saturated heterocycles. The molecular weight excluding hydrogens is 231 g/mol. The molecule has 1 aliphatic rings. The Bertz CT molecular complexity index is 543. The number of halogens is 1. The highest BCUT2D eigenvalue weighted by molar-refractivity contribution is 5.56. The van der Waals surface area contributed by atoms with E-state index in [9.17, 15) is 4.39 Å². The first-order chi connectivity index (χ1) is 8.72. The summed E-state index contributed by atoms with van der Waals surface area (Å²) in [6.07, 6.45) is 3.73. The number of aromatic nitrogens is 3. The maximum absolute atomic E-state index is 12.8. The lowest BCUT2D eigenvalue weighted by atomic mass is 10.2. The van der Waals surface area contributed by atoms with Crippen LogP contribution >= 0.6 is 0 Å². The summed E-state index contributed by atoms with van der Waals surface area (Å²) in [6.45, 7) is 2.70. The van der Waals surface area contributed by atoms with Gasteiger partial charge in [0, 0.05) is 11.7 Å². The Balaban J connectivity index is 1.80. The van der Waals surface area contributed by atoms with E-state index in [4.69, 9.17) is 0 Å². The number of nitrogens with one attached hydrogen (secondary N) is 2. The van der Waals surface area contributed by atoms with Gasteiger partial charge in [0.2, 0.25) is 0 Å². The third-order valence-electron chi connectivity index (χ3n) is 3.04. The van der Waals surface area contributed by atoms with Crippen molar-refractivity contribution in [3.8, 4) is 11.4 Å². The number of pyridine rings is 1. The van der Waals surface area contributed by atoms with Gasteiger partial charge in [-0.2, -0.15) is 0 Å². The predicted octanol–water partition coefficient (Wildman–Crippen LogP) is 2.17. The maximum Gasteiger partial charge on any atom is 0.141 e. The first kappa shape index (κ1) is 11.3. The number of hydrogen-bond donors (Lipinski definition) is 2. The van der Waals surface area contributed by atoms with Gasteiger partial charge in [0.05, 0.1) is 18.4 Å². The highest BCUT2D eigenvalue weighted by Crippen LogP contribution is 2.21. The van der Waals surface area contributed by atoms with Gasteiger partial charge in [-0.3, -0.25) is 4.98 Å². The summed E-state index contributed by atoms with van der Waals surface area (Å²) in [4.78, 5) is 11.8. The van der Waals surface area contributed by atoms with Gasteiger partial charge in [0.15, 0.2) is 0 Å². The number of aromatic amines is 1. The minimum atomic E-state index is -0.331. The van der Waals surface area contributed by atoms with Crippen LogP contribution in [0.5, 0.6) is 0 Å². The van der Waals surface area contributed by atoms with E-state index in [2.05, 4.69) is 20.3 Å². The molecule has 0 unspecified atom stereocenters. The van der Waals surface area contributed by atoms with Crippen LogP contribution in [0, 0.1) is 12.7 Å². The third-order valence-corrected chi connectivity index (χ3v) is 3.04. The summed E-state index contributed by atoms with van der Waals surface area (Å²) < 4.78 is 12.8. The van der Waals surface area contributed by atoms with E-state index >= 15 is 0 Å². The molecular formula is C13H15FN4. The number of imidazole rings is 1. The van der Waals surface area contributed by atoms with Crippen molar-refractivity contribution in [3.63, 3.8) is 0 Å².